The van der Waals surface area contributed by atoms with Crippen molar-refractivity contribution in [3.05, 3.63) is 53.4 Å². The summed E-state index contributed by atoms with van der Waals surface area (Å²) in [5.41, 5.74) is 0.491. The molecule has 0 atom stereocenters. The van der Waals surface area contributed by atoms with Gasteiger partial charge in [0.25, 0.3) is 10.0 Å². The monoisotopic (exact) mass is 391 g/mol. The number of carboxylic acid groups (broad SMARTS) is 1. The van der Waals surface area contributed by atoms with Crippen LogP contribution in [0.4, 0.5) is 5.69 Å². The Labute approximate surface area is 155 Å². The molecule has 0 unspecified atom stereocenters. The first-order valence-electron chi connectivity index (χ1n) is 7.80. The van der Waals surface area contributed by atoms with Crippen molar-refractivity contribution < 1.29 is 23.1 Å². The van der Waals surface area contributed by atoms with E-state index in [9.17, 15) is 13.2 Å². The lowest BCUT2D eigenvalue weighted by Crippen LogP contribution is -2.30. The number of hydrogen-bond acceptors (Lipinski definition) is 5. The zero-order chi connectivity index (χ0) is 18.9. The van der Waals surface area contributed by atoms with Crippen LogP contribution in [0.25, 0.3) is 10.1 Å². The van der Waals surface area contributed by atoms with E-state index in [4.69, 9.17) is 9.84 Å². The SMILES string of the molecule is CCN(c1ccc2sc(C(=O)O)cc2c1)S(=O)(=O)c1ccc(OC)cc1. The molecule has 6 nitrogen and oxygen atoms in total. The number of methoxy groups -OCH3 is 1. The maximum Gasteiger partial charge on any atom is 0.345 e. The fourth-order valence-corrected chi connectivity index (χ4v) is 5.00. The van der Waals surface area contributed by atoms with Crippen LogP contribution < -0.4 is 9.04 Å². The lowest BCUT2D eigenvalue weighted by Gasteiger charge is -2.23. The van der Waals surface area contributed by atoms with Gasteiger partial charge in [0.2, 0.25) is 0 Å². The summed E-state index contributed by atoms with van der Waals surface area (Å²) >= 11 is 1.16. The second-order valence-corrected chi connectivity index (χ2v) is 8.43. The predicted molar refractivity (Wildman–Crippen MR) is 102 cm³/mol. The first kappa shape index (κ1) is 18.2. The molecule has 0 spiro atoms. The van der Waals surface area contributed by atoms with E-state index in [0.29, 0.717) is 16.8 Å². The third-order valence-corrected chi connectivity index (χ3v) is 6.95. The number of rotatable bonds is 6. The average molecular weight is 391 g/mol. The van der Waals surface area contributed by atoms with Crippen LogP contribution in [0.1, 0.15) is 16.6 Å². The molecule has 1 aromatic heterocycles. The van der Waals surface area contributed by atoms with Crippen molar-refractivity contribution >= 4 is 43.1 Å². The summed E-state index contributed by atoms with van der Waals surface area (Å²) in [6, 6.07) is 12.9. The largest absolute Gasteiger partial charge is 0.497 e. The number of fused-ring (bicyclic) bond motifs is 1. The molecule has 0 amide bonds. The summed E-state index contributed by atoms with van der Waals surface area (Å²) in [6.07, 6.45) is 0. The van der Waals surface area contributed by atoms with Gasteiger partial charge in [-0.3, -0.25) is 4.31 Å². The molecular formula is C18H17NO5S2. The molecule has 0 fully saturated rings. The van der Waals surface area contributed by atoms with E-state index in [-0.39, 0.29) is 16.3 Å². The van der Waals surface area contributed by atoms with Gasteiger partial charge < -0.3 is 9.84 Å². The summed E-state index contributed by atoms with van der Waals surface area (Å²) in [6.45, 7) is 2.00. The van der Waals surface area contributed by atoms with Crippen LogP contribution >= 0.6 is 11.3 Å². The maximum atomic E-state index is 13.0. The second-order valence-electron chi connectivity index (χ2n) is 5.48. The number of hydrogen-bond donors (Lipinski definition) is 1. The highest BCUT2D eigenvalue weighted by atomic mass is 32.2. The zero-order valence-electron chi connectivity index (χ0n) is 14.2. The molecule has 2 aromatic carbocycles. The molecule has 136 valence electrons. The topological polar surface area (TPSA) is 83.9 Å². The highest BCUT2D eigenvalue weighted by molar-refractivity contribution is 7.92. The van der Waals surface area contributed by atoms with Gasteiger partial charge in [-0.1, -0.05) is 0 Å². The summed E-state index contributed by atoms with van der Waals surface area (Å²) in [5.74, 6) is -0.418. The third kappa shape index (κ3) is 3.25. The molecule has 0 aliphatic carbocycles. The fraction of sp³-hybridized carbons (Fsp3) is 0.167. The van der Waals surface area contributed by atoms with Gasteiger partial charge in [-0.2, -0.15) is 0 Å². The number of ether oxygens (including phenoxy) is 1. The lowest BCUT2D eigenvalue weighted by atomic mass is 10.2. The van der Waals surface area contributed by atoms with E-state index in [1.165, 1.54) is 23.5 Å². The molecule has 0 saturated heterocycles. The molecule has 3 aromatic rings. The summed E-state index contributed by atoms with van der Waals surface area (Å²) in [4.78, 5) is 11.5. The molecule has 0 saturated carbocycles. The number of sulfonamides is 1. The minimum Gasteiger partial charge on any atom is -0.497 e. The third-order valence-electron chi connectivity index (χ3n) is 3.93. The van der Waals surface area contributed by atoms with Gasteiger partial charge in [-0.05, 0) is 60.8 Å². The first-order chi connectivity index (χ1) is 12.4. The molecule has 3 rings (SSSR count). The van der Waals surface area contributed by atoms with E-state index in [0.717, 1.165) is 16.0 Å². The quantitative estimate of drug-likeness (QED) is 0.690. The Balaban J connectivity index is 2.03. The standard InChI is InChI=1S/C18H17NO5S2/c1-3-19(26(22,23)15-7-5-14(24-2)6-8-15)13-4-9-16-12(10-13)11-17(25-16)18(20)21/h4-11H,3H2,1-2H3,(H,20,21). The highest BCUT2D eigenvalue weighted by Gasteiger charge is 2.24. The number of aromatic carboxylic acids is 1. The summed E-state index contributed by atoms with van der Waals surface area (Å²) in [7, 11) is -2.23. The zero-order valence-corrected chi connectivity index (χ0v) is 15.8. The van der Waals surface area contributed by atoms with Crippen molar-refractivity contribution in [1.82, 2.24) is 0 Å². The number of thiophene rings is 1. The Kier molecular flexibility index (Phi) is 4.88. The van der Waals surface area contributed by atoms with Crippen LogP contribution in [0.3, 0.4) is 0 Å². The molecule has 0 aliphatic heterocycles. The predicted octanol–water partition coefficient (Wildman–Crippen LogP) is 3.82. The van der Waals surface area contributed by atoms with Crippen molar-refractivity contribution in [1.29, 1.82) is 0 Å². The van der Waals surface area contributed by atoms with E-state index < -0.39 is 16.0 Å². The maximum absolute atomic E-state index is 13.0. The Morgan fingerprint density at radius 1 is 1.15 bits per heavy atom. The number of anilines is 1. The normalized spacial score (nSPS) is 11.5. The molecular weight excluding hydrogens is 374 g/mol. The van der Waals surface area contributed by atoms with Crippen LogP contribution in [-0.4, -0.2) is 33.1 Å². The second kappa shape index (κ2) is 6.97. The Morgan fingerprint density at radius 2 is 1.85 bits per heavy atom. The molecule has 8 heteroatoms. The molecule has 0 aliphatic rings. The Bertz CT molecular complexity index is 1050. The minimum atomic E-state index is -3.74. The van der Waals surface area contributed by atoms with Gasteiger partial charge in [-0.15, -0.1) is 11.3 Å². The van der Waals surface area contributed by atoms with Gasteiger partial charge in [0.05, 0.1) is 17.7 Å². The van der Waals surface area contributed by atoms with Crippen LogP contribution in [0.5, 0.6) is 5.75 Å². The van der Waals surface area contributed by atoms with Crippen LogP contribution in [0.15, 0.2) is 53.4 Å². The van der Waals surface area contributed by atoms with E-state index in [1.54, 1.807) is 43.3 Å². The van der Waals surface area contributed by atoms with Crippen molar-refractivity contribution in [3.8, 4) is 5.75 Å². The van der Waals surface area contributed by atoms with E-state index in [2.05, 4.69) is 0 Å². The molecule has 1 N–H and O–H groups in total. The van der Waals surface area contributed by atoms with E-state index >= 15 is 0 Å². The lowest BCUT2D eigenvalue weighted by molar-refractivity contribution is 0.0702. The van der Waals surface area contributed by atoms with Crippen LogP contribution in [0, 0.1) is 0 Å². The first-order valence-corrected chi connectivity index (χ1v) is 10.1. The van der Waals surface area contributed by atoms with Gasteiger partial charge in [0.15, 0.2) is 0 Å². The Hall–Kier alpha value is -2.58. The van der Waals surface area contributed by atoms with Crippen molar-refractivity contribution in [2.75, 3.05) is 18.0 Å². The molecule has 0 radical (unpaired) electrons. The molecule has 0 bridgehead atoms. The van der Waals surface area contributed by atoms with Crippen molar-refractivity contribution in [3.63, 3.8) is 0 Å². The highest BCUT2D eigenvalue weighted by Crippen LogP contribution is 2.32. The van der Waals surface area contributed by atoms with Crippen molar-refractivity contribution in [2.45, 2.75) is 11.8 Å². The fourth-order valence-electron chi connectivity index (χ4n) is 2.66. The number of carbonyl (C=O) groups is 1. The van der Waals surface area contributed by atoms with Gasteiger partial charge in [0.1, 0.15) is 10.6 Å². The number of benzene rings is 2. The van der Waals surface area contributed by atoms with Gasteiger partial charge >= 0.3 is 5.97 Å². The number of nitrogens with zero attached hydrogens (tertiary/aromatic N) is 1. The van der Waals surface area contributed by atoms with Gasteiger partial charge in [-0.25, -0.2) is 13.2 Å². The summed E-state index contributed by atoms with van der Waals surface area (Å²) in [5, 5.41) is 9.83. The molecule has 1 heterocycles. The smallest absolute Gasteiger partial charge is 0.345 e. The van der Waals surface area contributed by atoms with E-state index in [1.807, 2.05) is 0 Å². The average Bonchev–Trinajstić information content (AvgIpc) is 3.06. The van der Waals surface area contributed by atoms with Crippen LogP contribution in [-0.2, 0) is 10.0 Å². The summed E-state index contributed by atoms with van der Waals surface area (Å²) < 4.78 is 33.2. The number of carboxylic acids is 1. The molecule has 26 heavy (non-hydrogen) atoms. The Morgan fingerprint density at radius 3 is 2.42 bits per heavy atom. The minimum absolute atomic E-state index is 0.164. The van der Waals surface area contributed by atoms with Crippen LogP contribution in [0.2, 0.25) is 0 Å². The van der Waals surface area contributed by atoms with Crippen molar-refractivity contribution in [2.24, 2.45) is 0 Å². The van der Waals surface area contributed by atoms with Gasteiger partial charge in [0, 0.05) is 11.2 Å².